The first kappa shape index (κ1) is 12.9. The molecule has 1 aliphatic carbocycles. The molecule has 1 aliphatic rings. The fourth-order valence-corrected chi connectivity index (χ4v) is 2.78. The molecule has 4 nitrogen and oxygen atoms in total. The van der Waals surface area contributed by atoms with Crippen molar-refractivity contribution in [2.75, 3.05) is 20.4 Å². The first-order valence-corrected chi connectivity index (χ1v) is 6.82. The summed E-state index contributed by atoms with van der Waals surface area (Å²) in [5.41, 5.74) is -0.396. The Kier molecular flexibility index (Phi) is 3.75. The van der Waals surface area contributed by atoms with Gasteiger partial charge < -0.3 is 9.05 Å². The van der Waals surface area contributed by atoms with Crippen LogP contribution in [0.5, 0.6) is 0 Å². The van der Waals surface area contributed by atoms with Gasteiger partial charge in [-0.2, -0.15) is 0 Å². The van der Waals surface area contributed by atoms with E-state index >= 15 is 0 Å². The first-order chi connectivity index (χ1) is 6.85. The van der Waals surface area contributed by atoms with Gasteiger partial charge in [-0.15, -0.1) is 0 Å². The van der Waals surface area contributed by atoms with E-state index < -0.39 is 13.0 Å². The lowest BCUT2D eigenvalue weighted by molar-refractivity contribution is -0.125. The van der Waals surface area contributed by atoms with Crippen molar-refractivity contribution in [1.29, 1.82) is 0 Å². The smallest absolute Gasteiger partial charge is 0.312 e. The van der Waals surface area contributed by atoms with E-state index in [2.05, 4.69) is 0 Å². The molecule has 0 aliphatic heterocycles. The number of hydrogen-bond acceptors (Lipinski definition) is 4. The average molecular weight is 234 g/mol. The molecule has 5 heteroatoms. The number of carbonyl (C=O) groups is 1. The topological polar surface area (TPSA) is 52.6 Å². The standard InChI is InChI=1S/C10H19O4P/c1-10(2,8-5-6-8)9(11)7-15(12,13-3)14-4/h8H,5-7H2,1-4H3. The van der Waals surface area contributed by atoms with Crippen LogP contribution in [0.25, 0.3) is 0 Å². The monoisotopic (exact) mass is 234 g/mol. The predicted molar refractivity (Wildman–Crippen MR) is 58.0 cm³/mol. The Bertz CT molecular complexity index is 286. The molecule has 0 aromatic heterocycles. The molecule has 0 amide bonds. The first-order valence-electron chi connectivity index (χ1n) is 5.09. The van der Waals surface area contributed by atoms with Crippen molar-refractivity contribution in [1.82, 2.24) is 0 Å². The lowest BCUT2D eigenvalue weighted by Gasteiger charge is -2.24. The van der Waals surface area contributed by atoms with E-state index in [0.717, 1.165) is 12.8 Å². The molecule has 88 valence electrons. The summed E-state index contributed by atoms with van der Waals surface area (Å²) < 4.78 is 21.3. The quantitative estimate of drug-likeness (QED) is 0.662. The highest BCUT2D eigenvalue weighted by molar-refractivity contribution is 7.54. The second-order valence-corrected chi connectivity index (χ2v) is 6.82. The van der Waals surface area contributed by atoms with Gasteiger partial charge in [0.05, 0.1) is 0 Å². The maximum absolute atomic E-state index is 11.9. The van der Waals surface area contributed by atoms with Crippen LogP contribution in [-0.2, 0) is 18.4 Å². The molecule has 0 atom stereocenters. The lowest BCUT2D eigenvalue weighted by Crippen LogP contribution is -2.29. The summed E-state index contributed by atoms with van der Waals surface area (Å²) in [6.45, 7) is 3.81. The minimum absolute atomic E-state index is 0.0305. The van der Waals surface area contributed by atoms with Gasteiger partial charge >= 0.3 is 7.60 Å². The van der Waals surface area contributed by atoms with Gasteiger partial charge in [0, 0.05) is 19.6 Å². The van der Waals surface area contributed by atoms with Gasteiger partial charge in [-0.3, -0.25) is 9.36 Å². The van der Waals surface area contributed by atoms with E-state index in [1.807, 2.05) is 13.8 Å². The zero-order chi connectivity index (χ0) is 11.7. The van der Waals surface area contributed by atoms with Crippen molar-refractivity contribution in [3.63, 3.8) is 0 Å². The van der Waals surface area contributed by atoms with E-state index in [4.69, 9.17) is 9.05 Å². The molecule has 0 heterocycles. The number of ketones is 1. The summed E-state index contributed by atoms with van der Waals surface area (Å²) in [6.07, 6.45) is 2.05. The fourth-order valence-electron chi connectivity index (χ4n) is 1.62. The second kappa shape index (κ2) is 4.36. The summed E-state index contributed by atoms with van der Waals surface area (Å²) >= 11 is 0. The Labute approximate surface area is 90.9 Å². The van der Waals surface area contributed by atoms with Crippen molar-refractivity contribution >= 4 is 13.4 Å². The zero-order valence-corrected chi connectivity index (χ0v) is 10.7. The number of rotatable bonds is 6. The van der Waals surface area contributed by atoms with Gasteiger partial charge in [0.1, 0.15) is 6.16 Å². The molecule has 0 spiro atoms. The zero-order valence-electron chi connectivity index (χ0n) is 9.78. The van der Waals surface area contributed by atoms with Crippen molar-refractivity contribution < 1.29 is 18.4 Å². The molecule has 1 rings (SSSR count). The normalized spacial score (nSPS) is 17.9. The molecule has 1 fully saturated rings. The van der Waals surface area contributed by atoms with Crippen molar-refractivity contribution in [3.8, 4) is 0 Å². The van der Waals surface area contributed by atoms with Gasteiger partial charge in [0.2, 0.25) is 0 Å². The van der Waals surface area contributed by atoms with Crippen LogP contribution >= 0.6 is 7.60 Å². The van der Waals surface area contributed by atoms with Crippen LogP contribution < -0.4 is 0 Å². The van der Waals surface area contributed by atoms with Crippen molar-refractivity contribution in [2.24, 2.45) is 11.3 Å². The third-order valence-electron chi connectivity index (χ3n) is 3.21. The van der Waals surface area contributed by atoms with E-state index in [1.54, 1.807) is 0 Å². The van der Waals surface area contributed by atoms with E-state index in [0.29, 0.717) is 5.92 Å². The third-order valence-corrected chi connectivity index (χ3v) is 5.00. The van der Waals surface area contributed by atoms with Gasteiger partial charge in [0.25, 0.3) is 0 Å². The number of carbonyl (C=O) groups excluding carboxylic acids is 1. The summed E-state index contributed by atoms with van der Waals surface area (Å²) in [4.78, 5) is 11.9. The maximum atomic E-state index is 11.9. The molecule has 0 saturated heterocycles. The molecule has 0 unspecified atom stereocenters. The Hall–Kier alpha value is -0.180. The van der Waals surface area contributed by atoms with Crippen molar-refractivity contribution in [3.05, 3.63) is 0 Å². The third kappa shape index (κ3) is 2.90. The minimum Gasteiger partial charge on any atom is -0.312 e. The molecule has 15 heavy (non-hydrogen) atoms. The van der Waals surface area contributed by atoms with Crippen LogP contribution in [0.3, 0.4) is 0 Å². The highest BCUT2D eigenvalue weighted by Gasteiger charge is 2.45. The second-order valence-electron chi connectivity index (χ2n) is 4.55. The molecule has 0 N–H and O–H groups in total. The number of Topliss-reactive ketones (excluding diaryl/α,β-unsaturated/α-hetero) is 1. The Balaban J connectivity index is 2.65. The Morgan fingerprint density at radius 1 is 1.33 bits per heavy atom. The number of hydrogen-bond donors (Lipinski definition) is 0. The van der Waals surface area contributed by atoms with E-state index in [1.165, 1.54) is 14.2 Å². The predicted octanol–water partition coefficient (Wildman–Crippen LogP) is 2.48. The van der Waals surface area contributed by atoms with E-state index in [9.17, 15) is 9.36 Å². The fraction of sp³-hybridized carbons (Fsp3) is 0.900. The van der Waals surface area contributed by atoms with Crippen LogP contribution in [0.2, 0.25) is 0 Å². The maximum Gasteiger partial charge on any atom is 0.337 e. The Morgan fingerprint density at radius 2 is 1.80 bits per heavy atom. The lowest BCUT2D eigenvalue weighted by atomic mass is 9.83. The largest absolute Gasteiger partial charge is 0.337 e. The van der Waals surface area contributed by atoms with E-state index in [-0.39, 0.29) is 11.9 Å². The molecule has 1 saturated carbocycles. The Morgan fingerprint density at radius 3 is 2.13 bits per heavy atom. The van der Waals surface area contributed by atoms with Gasteiger partial charge in [-0.05, 0) is 18.8 Å². The highest BCUT2D eigenvalue weighted by Crippen LogP contribution is 2.51. The van der Waals surface area contributed by atoms with Crippen molar-refractivity contribution in [2.45, 2.75) is 26.7 Å². The summed E-state index contributed by atoms with van der Waals surface area (Å²) in [6, 6.07) is 0. The van der Waals surface area contributed by atoms with Crippen LogP contribution in [0, 0.1) is 11.3 Å². The minimum atomic E-state index is -3.20. The van der Waals surface area contributed by atoms with Gasteiger partial charge in [-0.25, -0.2) is 0 Å². The molecular weight excluding hydrogens is 215 g/mol. The van der Waals surface area contributed by atoms with Crippen LogP contribution in [0.1, 0.15) is 26.7 Å². The van der Waals surface area contributed by atoms with Gasteiger partial charge in [0.15, 0.2) is 5.78 Å². The van der Waals surface area contributed by atoms with Crippen LogP contribution in [-0.4, -0.2) is 26.2 Å². The van der Waals surface area contributed by atoms with Crippen LogP contribution in [0.4, 0.5) is 0 Å². The molecule has 0 radical (unpaired) electrons. The average Bonchev–Trinajstić information content (AvgIpc) is 3.00. The summed E-state index contributed by atoms with van der Waals surface area (Å²) in [5.74, 6) is 0.407. The summed E-state index contributed by atoms with van der Waals surface area (Å²) in [7, 11) is -0.581. The molecular formula is C10H19O4P. The molecule has 0 bridgehead atoms. The highest BCUT2D eigenvalue weighted by atomic mass is 31.2. The van der Waals surface area contributed by atoms with Gasteiger partial charge in [-0.1, -0.05) is 13.8 Å². The SMILES string of the molecule is COP(=O)(CC(=O)C(C)(C)C1CC1)OC. The molecule has 0 aromatic rings. The molecule has 0 aromatic carbocycles. The van der Waals surface area contributed by atoms with Crippen LogP contribution in [0.15, 0.2) is 0 Å². The summed E-state index contributed by atoms with van der Waals surface area (Å²) in [5, 5.41) is 0.